The van der Waals surface area contributed by atoms with Crippen molar-refractivity contribution in [3.05, 3.63) is 50.7 Å². The van der Waals surface area contributed by atoms with E-state index in [1.165, 1.54) is 12.3 Å². The molecule has 0 bridgehead atoms. The molecule has 2 aromatic heterocycles. The lowest BCUT2D eigenvalue weighted by atomic mass is 9.89. The molecule has 0 saturated carbocycles. The first kappa shape index (κ1) is 16.3. The maximum absolute atomic E-state index is 12.4. The van der Waals surface area contributed by atoms with Crippen LogP contribution in [0.5, 0.6) is 0 Å². The monoisotopic (exact) mass is 348 g/mol. The number of aromatic amines is 2. The summed E-state index contributed by atoms with van der Waals surface area (Å²) in [4.78, 5) is 28.9. The van der Waals surface area contributed by atoms with Crippen LogP contribution in [0.2, 0.25) is 5.02 Å². The maximum atomic E-state index is 12.4. The molecule has 0 saturated heterocycles. The SMILES string of the molecule is CC(C)(C)c1nocc1CNC(=O)c1cc(Cl)c2[nH]c(=O)[nH]c2c1. The number of hydrogen-bond acceptors (Lipinski definition) is 4. The van der Waals surface area contributed by atoms with Gasteiger partial charge in [0.05, 0.1) is 21.7 Å². The molecule has 1 amide bonds. The van der Waals surface area contributed by atoms with E-state index < -0.39 is 0 Å². The molecule has 0 fully saturated rings. The van der Waals surface area contributed by atoms with Crippen LogP contribution in [0.25, 0.3) is 11.0 Å². The zero-order valence-corrected chi connectivity index (χ0v) is 14.2. The molecule has 0 aliphatic carbocycles. The highest BCUT2D eigenvalue weighted by Crippen LogP contribution is 2.25. The highest BCUT2D eigenvalue weighted by Gasteiger charge is 2.22. The molecule has 0 radical (unpaired) electrons. The lowest BCUT2D eigenvalue weighted by molar-refractivity contribution is 0.0951. The van der Waals surface area contributed by atoms with Crippen molar-refractivity contribution >= 4 is 28.5 Å². The maximum Gasteiger partial charge on any atom is 0.323 e. The molecular weight excluding hydrogens is 332 g/mol. The summed E-state index contributed by atoms with van der Waals surface area (Å²) >= 11 is 6.11. The van der Waals surface area contributed by atoms with E-state index in [2.05, 4.69) is 20.4 Å². The van der Waals surface area contributed by atoms with Gasteiger partial charge in [0.15, 0.2) is 0 Å². The van der Waals surface area contributed by atoms with E-state index in [-0.39, 0.29) is 23.6 Å². The minimum absolute atomic E-state index is 0.181. The first-order chi connectivity index (χ1) is 11.3. The van der Waals surface area contributed by atoms with Gasteiger partial charge in [-0.2, -0.15) is 0 Å². The lowest BCUT2D eigenvalue weighted by Crippen LogP contribution is -2.24. The van der Waals surface area contributed by atoms with Crippen molar-refractivity contribution in [1.29, 1.82) is 0 Å². The summed E-state index contributed by atoms with van der Waals surface area (Å²) in [5.41, 5.74) is 2.38. The third kappa shape index (κ3) is 3.07. The van der Waals surface area contributed by atoms with E-state index in [4.69, 9.17) is 16.1 Å². The van der Waals surface area contributed by atoms with Crippen LogP contribution in [0.4, 0.5) is 0 Å². The van der Waals surface area contributed by atoms with Crippen LogP contribution < -0.4 is 11.0 Å². The van der Waals surface area contributed by atoms with E-state index in [9.17, 15) is 9.59 Å². The number of nitrogens with zero attached hydrogens (tertiary/aromatic N) is 1. The Kier molecular flexibility index (Phi) is 3.96. The summed E-state index contributed by atoms with van der Waals surface area (Å²) in [7, 11) is 0. The number of H-pyrrole nitrogens is 2. The molecule has 126 valence electrons. The summed E-state index contributed by atoms with van der Waals surface area (Å²) in [6, 6.07) is 3.09. The zero-order valence-electron chi connectivity index (χ0n) is 13.5. The van der Waals surface area contributed by atoms with E-state index in [1.807, 2.05) is 20.8 Å². The van der Waals surface area contributed by atoms with Crippen molar-refractivity contribution in [2.75, 3.05) is 0 Å². The molecule has 7 nitrogen and oxygen atoms in total. The fraction of sp³-hybridized carbons (Fsp3) is 0.312. The molecule has 0 unspecified atom stereocenters. The summed E-state index contributed by atoms with van der Waals surface area (Å²) in [5, 5.41) is 7.12. The van der Waals surface area contributed by atoms with Gasteiger partial charge in [-0.05, 0) is 12.1 Å². The number of benzene rings is 1. The lowest BCUT2D eigenvalue weighted by Gasteiger charge is -2.16. The molecular formula is C16H17ClN4O3. The normalized spacial score (nSPS) is 11.8. The van der Waals surface area contributed by atoms with Gasteiger partial charge in [0, 0.05) is 23.1 Å². The number of imidazole rings is 1. The number of hydrogen-bond donors (Lipinski definition) is 3. The van der Waals surface area contributed by atoms with Crippen molar-refractivity contribution in [1.82, 2.24) is 20.4 Å². The summed E-state index contributed by atoms with van der Waals surface area (Å²) < 4.78 is 5.02. The minimum atomic E-state index is -0.372. The topological polar surface area (TPSA) is 104 Å². The van der Waals surface area contributed by atoms with Gasteiger partial charge in [-0.1, -0.05) is 37.5 Å². The first-order valence-corrected chi connectivity index (χ1v) is 7.77. The molecule has 0 atom stereocenters. The van der Waals surface area contributed by atoms with Crippen LogP contribution >= 0.6 is 11.6 Å². The van der Waals surface area contributed by atoms with Crippen LogP contribution in [0.1, 0.15) is 42.4 Å². The Morgan fingerprint density at radius 2 is 2.08 bits per heavy atom. The molecule has 3 N–H and O–H groups in total. The summed E-state index contributed by atoms with van der Waals surface area (Å²) in [6.07, 6.45) is 1.53. The highest BCUT2D eigenvalue weighted by molar-refractivity contribution is 6.35. The Labute approximate surface area is 142 Å². The van der Waals surface area contributed by atoms with E-state index in [1.54, 1.807) is 6.07 Å². The fourth-order valence-corrected chi connectivity index (χ4v) is 2.78. The zero-order chi connectivity index (χ0) is 17.5. The predicted molar refractivity (Wildman–Crippen MR) is 90.3 cm³/mol. The smallest absolute Gasteiger partial charge is 0.323 e. The third-order valence-electron chi connectivity index (χ3n) is 3.63. The second-order valence-electron chi connectivity index (χ2n) is 6.58. The number of rotatable bonds is 3. The second kappa shape index (κ2) is 5.83. The van der Waals surface area contributed by atoms with Gasteiger partial charge in [0.2, 0.25) is 0 Å². The number of nitrogens with one attached hydrogen (secondary N) is 3. The van der Waals surface area contributed by atoms with Crippen molar-refractivity contribution in [3.63, 3.8) is 0 Å². The molecule has 24 heavy (non-hydrogen) atoms. The quantitative estimate of drug-likeness (QED) is 0.677. The molecule has 3 aromatic rings. The van der Waals surface area contributed by atoms with Gasteiger partial charge in [-0.15, -0.1) is 0 Å². The minimum Gasteiger partial charge on any atom is -0.364 e. The Hall–Kier alpha value is -2.54. The van der Waals surface area contributed by atoms with Gasteiger partial charge in [0.25, 0.3) is 5.91 Å². The number of carbonyl (C=O) groups excluding carboxylic acids is 1. The molecule has 3 rings (SSSR count). The summed E-state index contributed by atoms with van der Waals surface area (Å²) in [5.74, 6) is -0.304. The van der Waals surface area contributed by atoms with Gasteiger partial charge < -0.3 is 19.8 Å². The number of fused-ring (bicyclic) bond motifs is 1. The van der Waals surface area contributed by atoms with Crippen molar-refractivity contribution < 1.29 is 9.32 Å². The second-order valence-corrected chi connectivity index (χ2v) is 6.99. The third-order valence-corrected chi connectivity index (χ3v) is 3.93. The predicted octanol–water partition coefficient (Wildman–Crippen LogP) is 2.73. The van der Waals surface area contributed by atoms with Crippen molar-refractivity contribution in [2.45, 2.75) is 32.7 Å². The number of amides is 1. The van der Waals surface area contributed by atoms with Crippen LogP contribution in [-0.2, 0) is 12.0 Å². The summed E-state index contributed by atoms with van der Waals surface area (Å²) in [6.45, 7) is 6.35. The number of halogens is 1. The largest absolute Gasteiger partial charge is 0.364 e. The molecule has 0 aliphatic heterocycles. The number of carbonyl (C=O) groups is 1. The molecule has 2 heterocycles. The van der Waals surface area contributed by atoms with E-state index in [0.717, 1.165) is 11.3 Å². The Morgan fingerprint density at radius 3 is 2.79 bits per heavy atom. The van der Waals surface area contributed by atoms with Gasteiger partial charge in [-0.3, -0.25) is 4.79 Å². The van der Waals surface area contributed by atoms with Crippen LogP contribution in [0.3, 0.4) is 0 Å². The van der Waals surface area contributed by atoms with Crippen molar-refractivity contribution in [3.8, 4) is 0 Å². The standard InChI is InChI=1S/C16H17ClN4O3/c1-16(2,3)13-9(7-24-21-13)6-18-14(22)8-4-10(17)12-11(5-8)19-15(23)20-12/h4-5,7H,6H2,1-3H3,(H,18,22)(H2,19,20,23). The van der Waals surface area contributed by atoms with Gasteiger partial charge in [0.1, 0.15) is 6.26 Å². The van der Waals surface area contributed by atoms with Crippen LogP contribution in [0, 0.1) is 0 Å². The van der Waals surface area contributed by atoms with Crippen molar-refractivity contribution in [2.24, 2.45) is 0 Å². The Morgan fingerprint density at radius 1 is 1.33 bits per heavy atom. The molecule has 1 aromatic carbocycles. The molecule has 8 heteroatoms. The van der Waals surface area contributed by atoms with Gasteiger partial charge in [-0.25, -0.2) is 4.79 Å². The van der Waals surface area contributed by atoms with E-state index in [0.29, 0.717) is 21.6 Å². The molecule has 0 aliphatic rings. The average molecular weight is 349 g/mol. The number of aromatic nitrogens is 3. The Balaban J connectivity index is 1.81. The molecule has 0 spiro atoms. The average Bonchev–Trinajstić information content (AvgIpc) is 3.09. The highest BCUT2D eigenvalue weighted by atomic mass is 35.5. The van der Waals surface area contributed by atoms with Crippen LogP contribution in [-0.4, -0.2) is 21.0 Å². The fourth-order valence-electron chi connectivity index (χ4n) is 2.51. The Bertz CT molecular complexity index is 962. The van der Waals surface area contributed by atoms with E-state index >= 15 is 0 Å². The van der Waals surface area contributed by atoms with Gasteiger partial charge >= 0.3 is 5.69 Å². The van der Waals surface area contributed by atoms with Crippen LogP contribution in [0.15, 0.2) is 27.7 Å². The first-order valence-electron chi connectivity index (χ1n) is 7.39.